The highest BCUT2D eigenvalue weighted by atomic mass is 35.5. The van der Waals surface area contributed by atoms with Crippen LogP contribution in [-0.4, -0.2) is 69.6 Å². The number of hydrogen-bond acceptors (Lipinski definition) is 6. The SMILES string of the molecule is C[C@]1(N)CCN(c2c(C(=O)NC34CC(C3)C4)cnc(Cl)c2-c2cc(F)cc(F)c2)C1.O=C(O)C(F)(F)F.O=C(O)C(F)(F)F. The van der Waals surface area contributed by atoms with E-state index in [4.69, 9.17) is 37.1 Å². The Kier molecular flexibility index (Phi) is 9.75. The van der Waals surface area contributed by atoms with Crippen LogP contribution in [0.25, 0.3) is 11.1 Å². The van der Waals surface area contributed by atoms with Crippen LogP contribution in [0.3, 0.4) is 0 Å². The van der Waals surface area contributed by atoms with Gasteiger partial charge in [0, 0.05) is 42.0 Å². The number of rotatable bonds is 4. The molecule has 1 aromatic heterocycles. The van der Waals surface area contributed by atoms with Crippen molar-refractivity contribution >= 4 is 35.1 Å². The molecule has 0 spiro atoms. The maximum absolute atomic E-state index is 14.0. The van der Waals surface area contributed by atoms with Gasteiger partial charge >= 0.3 is 24.3 Å². The molecule has 2 bridgehead atoms. The first-order valence-corrected chi connectivity index (χ1v) is 13.0. The Morgan fingerprint density at radius 3 is 1.84 bits per heavy atom. The van der Waals surface area contributed by atoms with Crippen LogP contribution in [0.2, 0.25) is 5.15 Å². The first kappa shape index (κ1) is 34.8. The average molecular weight is 661 g/mol. The van der Waals surface area contributed by atoms with Crippen molar-refractivity contribution in [1.29, 1.82) is 0 Å². The summed E-state index contributed by atoms with van der Waals surface area (Å²) in [6.45, 7) is 3.04. The molecule has 242 valence electrons. The number of benzene rings is 1. The van der Waals surface area contributed by atoms with Gasteiger partial charge in [0.05, 0.1) is 11.3 Å². The number of nitrogens with two attached hydrogens (primary N) is 1. The van der Waals surface area contributed by atoms with Crippen molar-refractivity contribution in [2.24, 2.45) is 11.7 Å². The number of pyridine rings is 1. The minimum absolute atomic E-state index is 0.0858. The van der Waals surface area contributed by atoms with Crippen molar-refractivity contribution in [2.75, 3.05) is 18.0 Å². The molecule has 2 heterocycles. The van der Waals surface area contributed by atoms with Gasteiger partial charge in [0.2, 0.25) is 0 Å². The van der Waals surface area contributed by atoms with E-state index in [0.29, 0.717) is 29.9 Å². The van der Waals surface area contributed by atoms with Crippen molar-refractivity contribution in [2.45, 2.75) is 56.0 Å². The number of aromatic nitrogens is 1. The lowest BCUT2D eigenvalue weighted by Gasteiger charge is -2.61. The van der Waals surface area contributed by atoms with Gasteiger partial charge in [-0.05, 0) is 56.2 Å². The predicted octanol–water partition coefficient (Wildman–Crippen LogP) is 5.16. The summed E-state index contributed by atoms with van der Waals surface area (Å²) in [5.74, 6) is -6.48. The molecule has 1 saturated heterocycles. The highest BCUT2D eigenvalue weighted by molar-refractivity contribution is 6.33. The third-order valence-corrected chi connectivity index (χ3v) is 7.41. The fourth-order valence-electron chi connectivity index (χ4n) is 5.04. The highest BCUT2D eigenvalue weighted by Gasteiger charge is 2.57. The van der Waals surface area contributed by atoms with Crippen LogP contribution in [0.1, 0.15) is 43.0 Å². The number of carbonyl (C=O) groups is 3. The van der Waals surface area contributed by atoms with E-state index in [9.17, 15) is 39.9 Å². The lowest BCUT2D eigenvalue weighted by atomic mass is 9.50. The van der Waals surface area contributed by atoms with Gasteiger partial charge in [0.25, 0.3) is 5.91 Å². The molecule has 1 aliphatic heterocycles. The minimum Gasteiger partial charge on any atom is -0.475 e. The Hall–Kier alpha value is -3.73. The molecule has 18 heteroatoms. The van der Waals surface area contributed by atoms with E-state index in [0.717, 1.165) is 37.7 Å². The smallest absolute Gasteiger partial charge is 0.475 e. The quantitative estimate of drug-likeness (QED) is 0.260. The summed E-state index contributed by atoms with van der Waals surface area (Å²) in [6, 6.07) is 3.21. The molecule has 3 saturated carbocycles. The molecule has 0 unspecified atom stereocenters. The van der Waals surface area contributed by atoms with E-state index in [2.05, 4.69) is 10.3 Å². The second-order valence-corrected chi connectivity index (χ2v) is 11.3. The number of carbonyl (C=O) groups excluding carboxylic acids is 1. The van der Waals surface area contributed by atoms with Crippen molar-refractivity contribution < 1.29 is 59.7 Å². The predicted molar refractivity (Wildman–Crippen MR) is 139 cm³/mol. The fourth-order valence-corrected chi connectivity index (χ4v) is 5.29. The summed E-state index contributed by atoms with van der Waals surface area (Å²) < 4.78 is 91.5. The van der Waals surface area contributed by atoms with Gasteiger partial charge in [-0.3, -0.25) is 4.79 Å². The number of hydrogen-bond donors (Lipinski definition) is 4. The molecule has 9 nitrogen and oxygen atoms in total. The Bertz CT molecular complexity index is 1390. The molecule has 6 rings (SSSR count). The summed E-state index contributed by atoms with van der Waals surface area (Å²) in [6.07, 6.45) is -4.99. The second-order valence-electron chi connectivity index (χ2n) is 11.0. The van der Waals surface area contributed by atoms with E-state index in [1.165, 1.54) is 18.3 Å². The standard InChI is InChI=1S/C22H23ClF2N4O.2C2HF3O2/c1-21(26)2-3-29(11-21)18-16(20(30)28-22-7-12(8-22)9-22)10-27-19(23)17(18)13-4-14(24)6-15(25)5-13;2*3-2(4,5)1(6)7/h4-6,10,12H,2-3,7-9,11,26H2,1H3,(H,28,30);2*(H,6,7)/t12?,21-,22?;;/m0../s1. The van der Waals surface area contributed by atoms with Crippen LogP contribution < -0.4 is 16.0 Å². The van der Waals surface area contributed by atoms with Crippen molar-refractivity contribution in [1.82, 2.24) is 10.3 Å². The van der Waals surface area contributed by atoms with Gasteiger partial charge in [0.15, 0.2) is 0 Å². The highest BCUT2D eigenvalue weighted by Crippen LogP contribution is 2.57. The zero-order valence-corrected chi connectivity index (χ0v) is 23.4. The van der Waals surface area contributed by atoms with E-state index in [1.54, 1.807) is 0 Å². The molecular formula is C26H25ClF8N4O5. The summed E-state index contributed by atoms with van der Waals surface area (Å²) in [5, 5.41) is 17.5. The van der Waals surface area contributed by atoms with Crippen LogP contribution in [-0.2, 0) is 9.59 Å². The van der Waals surface area contributed by atoms with Gasteiger partial charge in [-0.2, -0.15) is 26.3 Å². The Morgan fingerprint density at radius 1 is 1.00 bits per heavy atom. The second kappa shape index (κ2) is 12.3. The van der Waals surface area contributed by atoms with Crippen LogP contribution in [0, 0.1) is 17.6 Å². The van der Waals surface area contributed by atoms with Gasteiger partial charge in [0.1, 0.15) is 16.8 Å². The Balaban J connectivity index is 0.000000317. The van der Waals surface area contributed by atoms with Crippen molar-refractivity contribution in [3.05, 3.63) is 46.7 Å². The number of nitrogens with zero attached hydrogens (tertiary/aromatic N) is 2. The van der Waals surface area contributed by atoms with Gasteiger partial charge < -0.3 is 26.2 Å². The average Bonchev–Trinajstić information content (AvgIpc) is 3.18. The van der Waals surface area contributed by atoms with Gasteiger partial charge in [-0.15, -0.1) is 0 Å². The monoisotopic (exact) mass is 660 g/mol. The number of alkyl halides is 6. The normalized spacial score (nSPS) is 23.6. The number of anilines is 1. The van der Waals surface area contributed by atoms with Crippen molar-refractivity contribution in [3.8, 4) is 11.1 Å². The maximum Gasteiger partial charge on any atom is 0.490 e. The van der Waals surface area contributed by atoms with Crippen LogP contribution >= 0.6 is 11.6 Å². The molecule has 5 N–H and O–H groups in total. The first-order valence-electron chi connectivity index (χ1n) is 12.7. The van der Waals surface area contributed by atoms with Gasteiger partial charge in [-0.1, -0.05) is 11.6 Å². The maximum atomic E-state index is 14.0. The van der Waals surface area contributed by atoms with Crippen LogP contribution in [0.15, 0.2) is 24.4 Å². The number of amides is 1. The van der Waals surface area contributed by atoms with E-state index < -0.39 is 41.5 Å². The van der Waals surface area contributed by atoms with E-state index >= 15 is 0 Å². The molecule has 3 aliphatic carbocycles. The number of halogens is 9. The molecule has 1 atom stereocenters. The lowest BCUT2D eigenvalue weighted by Crippen LogP contribution is -2.68. The molecular weight excluding hydrogens is 636 g/mol. The van der Waals surface area contributed by atoms with E-state index in [-0.39, 0.29) is 22.2 Å². The Morgan fingerprint density at radius 2 is 1.48 bits per heavy atom. The first-order chi connectivity index (χ1) is 20.0. The molecule has 2 aromatic rings. The van der Waals surface area contributed by atoms with Crippen molar-refractivity contribution in [3.63, 3.8) is 0 Å². The minimum atomic E-state index is -5.08. The number of nitrogens with one attached hydrogen (secondary N) is 1. The van der Waals surface area contributed by atoms with Crippen LogP contribution in [0.4, 0.5) is 40.8 Å². The fraction of sp³-hybridized carbons (Fsp3) is 0.462. The molecule has 4 fully saturated rings. The third kappa shape index (κ3) is 8.25. The molecule has 1 amide bonds. The zero-order chi connectivity index (χ0) is 33.4. The summed E-state index contributed by atoms with van der Waals surface area (Å²) >= 11 is 6.43. The van der Waals surface area contributed by atoms with Gasteiger partial charge in [-0.25, -0.2) is 23.4 Å². The third-order valence-electron chi connectivity index (χ3n) is 7.12. The largest absolute Gasteiger partial charge is 0.490 e. The number of carboxylic acids is 2. The number of carboxylic acid groups (broad SMARTS) is 2. The zero-order valence-electron chi connectivity index (χ0n) is 22.6. The molecule has 0 radical (unpaired) electrons. The Labute approximate surface area is 249 Å². The van der Waals surface area contributed by atoms with E-state index in [1.807, 2.05) is 11.8 Å². The van der Waals surface area contributed by atoms with Crippen LogP contribution in [0.5, 0.6) is 0 Å². The summed E-state index contributed by atoms with van der Waals surface area (Å²) in [4.78, 5) is 37.2. The molecule has 4 aliphatic rings. The summed E-state index contributed by atoms with van der Waals surface area (Å²) in [7, 11) is 0. The number of aliphatic carboxylic acids is 2. The molecule has 44 heavy (non-hydrogen) atoms. The molecule has 1 aromatic carbocycles. The lowest BCUT2D eigenvalue weighted by molar-refractivity contribution is -0.193. The summed E-state index contributed by atoms with van der Waals surface area (Å²) in [5.41, 5.74) is 7.24. The topological polar surface area (TPSA) is 146 Å².